The van der Waals surface area contributed by atoms with Crippen LogP contribution in [-0.4, -0.2) is 46.0 Å². The highest BCUT2D eigenvalue weighted by Crippen LogP contribution is 2.24. The number of piperidine rings is 1. The average molecular weight is 397 g/mol. The third-order valence-corrected chi connectivity index (χ3v) is 5.54. The van der Waals surface area contributed by atoms with Crippen LogP contribution in [0.2, 0.25) is 0 Å². The highest BCUT2D eigenvalue weighted by molar-refractivity contribution is 5.92. The molecular formula is C23H32N4O2. The standard InChI is InChI=1S/C23H32N4O2/c1-4-20(17-8-6-5-7-9-17)23(29)27-12-10-18(11-13-27)24-22(28)21-15-19(25-26-21)14-16(2)3/h5-9,15-16,18,20H,4,10-14H2,1-3H3,(H,24,28)(H,25,26). The van der Waals surface area contributed by atoms with Crippen molar-refractivity contribution in [3.8, 4) is 0 Å². The van der Waals surface area contributed by atoms with Crippen molar-refractivity contribution in [2.24, 2.45) is 5.92 Å². The maximum absolute atomic E-state index is 13.0. The van der Waals surface area contributed by atoms with Gasteiger partial charge in [-0.15, -0.1) is 0 Å². The van der Waals surface area contributed by atoms with Gasteiger partial charge in [0.2, 0.25) is 5.91 Å². The fraction of sp³-hybridized carbons (Fsp3) is 0.522. The molecule has 0 spiro atoms. The molecule has 3 rings (SSSR count). The Hall–Kier alpha value is -2.63. The largest absolute Gasteiger partial charge is 0.348 e. The Labute approximate surface area is 173 Å². The lowest BCUT2D eigenvalue weighted by atomic mass is 9.93. The summed E-state index contributed by atoms with van der Waals surface area (Å²) in [5, 5.41) is 10.2. The maximum atomic E-state index is 13.0. The number of nitrogens with zero attached hydrogens (tertiary/aromatic N) is 2. The van der Waals surface area contributed by atoms with E-state index in [4.69, 9.17) is 0 Å². The number of nitrogens with one attached hydrogen (secondary N) is 2. The lowest BCUT2D eigenvalue weighted by molar-refractivity contribution is -0.134. The van der Waals surface area contributed by atoms with Crippen LogP contribution in [0.4, 0.5) is 0 Å². The van der Waals surface area contributed by atoms with Gasteiger partial charge in [0, 0.05) is 24.8 Å². The number of amides is 2. The molecule has 2 amide bonds. The van der Waals surface area contributed by atoms with Crippen molar-refractivity contribution in [2.45, 2.75) is 58.4 Å². The van der Waals surface area contributed by atoms with Gasteiger partial charge in [-0.1, -0.05) is 51.1 Å². The predicted octanol–water partition coefficient (Wildman–Crippen LogP) is 3.52. The first-order valence-corrected chi connectivity index (χ1v) is 10.7. The van der Waals surface area contributed by atoms with Crippen molar-refractivity contribution in [3.63, 3.8) is 0 Å². The van der Waals surface area contributed by atoms with Crippen LogP contribution in [0.5, 0.6) is 0 Å². The second-order valence-corrected chi connectivity index (χ2v) is 8.32. The average Bonchev–Trinajstić information content (AvgIpc) is 3.18. The van der Waals surface area contributed by atoms with E-state index < -0.39 is 0 Å². The minimum absolute atomic E-state index is 0.0774. The van der Waals surface area contributed by atoms with Crippen molar-refractivity contribution in [3.05, 3.63) is 53.3 Å². The van der Waals surface area contributed by atoms with E-state index in [9.17, 15) is 9.59 Å². The van der Waals surface area contributed by atoms with Gasteiger partial charge in [-0.25, -0.2) is 0 Å². The number of hydrogen-bond donors (Lipinski definition) is 2. The number of aromatic nitrogens is 2. The minimum atomic E-state index is -0.142. The molecule has 1 aliphatic rings. The molecule has 29 heavy (non-hydrogen) atoms. The highest BCUT2D eigenvalue weighted by atomic mass is 16.2. The quantitative estimate of drug-likeness (QED) is 0.752. The summed E-state index contributed by atoms with van der Waals surface area (Å²) in [4.78, 5) is 27.4. The summed E-state index contributed by atoms with van der Waals surface area (Å²) in [6.07, 6.45) is 3.20. The molecule has 1 fully saturated rings. The van der Waals surface area contributed by atoms with Gasteiger partial charge in [-0.2, -0.15) is 5.10 Å². The second-order valence-electron chi connectivity index (χ2n) is 8.32. The summed E-state index contributed by atoms with van der Waals surface area (Å²) in [5.41, 5.74) is 2.50. The summed E-state index contributed by atoms with van der Waals surface area (Å²) in [6, 6.07) is 11.9. The van der Waals surface area contributed by atoms with Crippen molar-refractivity contribution in [1.29, 1.82) is 0 Å². The monoisotopic (exact) mass is 396 g/mol. The molecule has 0 saturated carbocycles. The van der Waals surface area contributed by atoms with Crippen LogP contribution >= 0.6 is 0 Å². The number of carbonyl (C=O) groups excluding carboxylic acids is 2. The Morgan fingerprint density at radius 3 is 2.52 bits per heavy atom. The third kappa shape index (κ3) is 5.46. The zero-order chi connectivity index (χ0) is 20.8. The van der Waals surface area contributed by atoms with E-state index in [0.29, 0.717) is 24.7 Å². The van der Waals surface area contributed by atoms with Gasteiger partial charge in [0.1, 0.15) is 5.69 Å². The summed E-state index contributed by atoms with van der Waals surface area (Å²) >= 11 is 0. The van der Waals surface area contributed by atoms with Gasteiger partial charge in [0.25, 0.3) is 5.91 Å². The Morgan fingerprint density at radius 2 is 1.90 bits per heavy atom. The summed E-state index contributed by atoms with van der Waals surface area (Å²) in [7, 11) is 0. The molecule has 0 aliphatic carbocycles. The molecule has 1 aromatic heterocycles. The second kappa shape index (κ2) is 9.72. The number of likely N-dealkylation sites (tertiary alicyclic amines) is 1. The van der Waals surface area contributed by atoms with E-state index in [1.54, 1.807) is 0 Å². The molecule has 2 N–H and O–H groups in total. The third-order valence-electron chi connectivity index (χ3n) is 5.54. The summed E-state index contributed by atoms with van der Waals surface area (Å²) in [6.45, 7) is 7.67. The van der Waals surface area contributed by atoms with Crippen molar-refractivity contribution in [2.75, 3.05) is 13.1 Å². The van der Waals surface area contributed by atoms with Crippen LogP contribution in [0.1, 0.15) is 67.7 Å². The van der Waals surface area contributed by atoms with E-state index in [-0.39, 0.29) is 23.8 Å². The first-order chi connectivity index (χ1) is 14.0. The SMILES string of the molecule is CCC(C(=O)N1CCC(NC(=O)c2cc(CC(C)C)[nH]n2)CC1)c1ccccc1. The first-order valence-electron chi connectivity index (χ1n) is 10.7. The van der Waals surface area contributed by atoms with Gasteiger partial charge in [-0.05, 0) is 43.2 Å². The molecular weight excluding hydrogens is 364 g/mol. The smallest absolute Gasteiger partial charge is 0.271 e. The van der Waals surface area contributed by atoms with Gasteiger partial charge in [-0.3, -0.25) is 14.7 Å². The van der Waals surface area contributed by atoms with Crippen molar-refractivity contribution < 1.29 is 9.59 Å². The zero-order valence-corrected chi connectivity index (χ0v) is 17.6. The number of H-pyrrole nitrogens is 1. The number of benzene rings is 1. The summed E-state index contributed by atoms with van der Waals surface area (Å²) < 4.78 is 0. The van der Waals surface area contributed by atoms with Crippen LogP contribution in [-0.2, 0) is 11.2 Å². The lowest BCUT2D eigenvalue weighted by Gasteiger charge is -2.34. The van der Waals surface area contributed by atoms with Gasteiger partial charge in [0.05, 0.1) is 5.92 Å². The van der Waals surface area contributed by atoms with Gasteiger partial charge in [0.15, 0.2) is 0 Å². The molecule has 1 saturated heterocycles. The Morgan fingerprint density at radius 1 is 1.21 bits per heavy atom. The maximum Gasteiger partial charge on any atom is 0.271 e. The molecule has 1 atom stereocenters. The van der Waals surface area contributed by atoms with Crippen LogP contribution in [0.15, 0.2) is 36.4 Å². The number of rotatable bonds is 7. The fourth-order valence-corrected chi connectivity index (χ4v) is 3.98. The molecule has 2 aromatic rings. The molecule has 6 heteroatoms. The van der Waals surface area contributed by atoms with Gasteiger partial charge >= 0.3 is 0 Å². The van der Waals surface area contributed by atoms with E-state index in [1.165, 1.54) is 0 Å². The van der Waals surface area contributed by atoms with Crippen molar-refractivity contribution in [1.82, 2.24) is 20.4 Å². The molecule has 0 radical (unpaired) electrons. The topological polar surface area (TPSA) is 78.1 Å². The Bertz CT molecular complexity index is 807. The van der Waals surface area contributed by atoms with E-state index in [2.05, 4.69) is 36.3 Å². The molecule has 0 bridgehead atoms. The Kier molecular flexibility index (Phi) is 7.07. The number of hydrogen-bond acceptors (Lipinski definition) is 3. The van der Waals surface area contributed by atoms with Crippen LogP contribution in [0, 0.1) is 5.92 Å². The molecule has 6 nitrogen and oxygen atoms in total. The molecule has 1 aliphatic heterocycles. The van der Waals surface area contributed by atoms with Crippen molar-refractivity contribution >= 4 is 11.8 Å². The fourth-order valence-electron chi connectivity index (χ4n) is 3.98. The minimum Gasteiger partial charge on any atom is -0.348 e. The first kappa shape index (κ1) is 21.1. The number of aromatic amines is 1. The predicted molar refractivity (Wildman–Crippen MR) is 114 cm³/mol. The number of carbonyl (C=O) groups is 2. The molecule has 156 valence electrons. The van der Waals surface area contributed by atoms with E-state index in [0.717, 1.165) is 36.9 Å². The van der Waals surface area contributed by atoms with E-state index >= 15 is 0 Å². The highest BCUT2D eigenvalue weighted by Gasteiger charge is 2.29. The van der Waals surface area contributed by atoms with Crippen LogP contribution < -0.4 is 5.32 Å². The van der Waals surface area contributed by atoms with Crippen LogP contribution in [0.3, 0.4) is 0 Å². The Balaban J connectivity index is 1.51. The molecule has 1 unspecified atom stereocenters. The van der Waals surface area contributed by atoms with Gasteiger partial charge < -0.3 is 10.2 Å². The molecule has 1 aromatic carbocycles. The van der Waals surface area contributed by atoms with Crippen LogP contribution in [0.25, 0.3) is 0 Å². The summed E-state index contributed by atoms with van der Waals surface area (Å²) in [5.74, 6) is 0.465. The molecule has 2 heterocycles. The normalized spacial score (nSPS) is 16.1. The lowest BCUT2D eigenvalue weighted by Crippen LogP contribution is -2.47. The van der Waals surface area contributed by atoms with E-state index in [1.807, 2.05) is 41.3 Å². The zero-order valence-electron chi connectivity index (χ0n) is 17.6.